The van der Waals surface area contributed by atoms with E-state index in [9.17, 15) is 18.0 Å². The van der Waals surface area contributed by atoms with Gasteiger partial charge in [-0.1, -0.05) is 48.5 Å². The molecule has 3 aromatic rings. The monoisotopic (exact) mass is 400 g/mol. The molecule has 0 saturated carbocycles. The van der Waals surface area contributed by atoms with Crippen LogP contribution in [0.2, 0.25) is 0 Å². The van der Waals surface area contributed by atoms with E-state index in [1.807, 2.05) is 0 Å². The second kappa shape index (κ2) is 7.08. The molecule has 2 heterocycles. The summed E-state index contributed by atoms with van der Waals surface area (Å²) in [6.45, 7) is 0. The lowest BCUT2D eigenvalue weighted by Crippen LogP contribution is -2.31. The van der Waals surface area contributed by atoms with Gasteiger partial charge in [0.25, 0.3) is 0 Å². The number of alkyl halides is 3. The second-order valence-corrected chi connectivity index (χ2v) is 6.29. The molecule has 4 rings (SSSR count). The number of esters is 1. The van der Waals surface area contributed by atoms with Crippen molar-refractivity contribution >= 4 is 17.6 Å². The molecule has 1 N–H and O–H groups in total. The Hall–Kier alpha value is -3.62. The minimum absolute atomic E-state index is 0.00778. The average Bonchev–Trinajstić information content (AvgIpc) is 3.20. The van der Waals surface area contributed by atoms with Gasteiger partial charge < -0.3 is 10.1 Å². The van der Waals surface area contributed by atoms with E-state index in [1.165, 1.54) is 36.3 Å². The molecule has 0 fully saturated rings. The van der Waals surface area contributed by atoms with Gasteiger partial charge in [-0.2, -0.15) is 23.3 Å². The summed E-state index contributed by atoms with van der Waals surface area (Å²) in [5.41, 5.74) is -0.0470. The summed E-state index contributed by atoms with van der Waals surface area (Å²) >= 11 is 0. The summed E-state index contributed by atoms with van der Waals surface area (Å²) in [6, 6.07) is 12.7. The highest BCUT2D eigenvalue weighted by Crippen LogP contribution is 2.43. The van der Waals surface area contributed by atoms with Crippen molar-refractivity contribution in [2.75, 3.05) is 12.4 Å². The highest BCUT2D eigenvalue weighted by atomic mass is 19.4. The first-order chi connectivity index (χ1) is 13.9. The number of carbonyl (C=O) groups is 1. The average molecular weight is 400 g/mol. The van der Waals surface area contributed by atoms with Gasteiger partial charge in [0, 0.05) is 0 Å². The molecular formula is C20H15F3N4O2. The fourth-order valence-corrected chi connectivity index (χ4v) is 3.40. The number of fused-ring (bicyclic) bond motifs is 1. The maximum atomic E-state index is 13.7. The molecule has 1 atom stereocenters. The quantitative estimate of drug-likeness (QED) is 0.676. The minimum Gasteiger partial charge on any atom is -0.466 e. The van der Waals surface area contributed by atoms with Crippen molar-refractivity contribution in [2.24, 2.45) is 0 Å². The van der Waals surface area contributed by atoms with Gasteiger partial charge in [0.05, 0.1) is 23.9 Å². The van der Waals surface area contributed by atoms with Crippen LogP contribution in [0.5, 0.6) is 0 Å². The molecule has 1 aliphatic rings. The van der Waals surface area contributed by atoms with E-state index in [0.29, 0.717) is 11.3 Å². The summed E-state index contributed by atoms with van der Waals surface area (Å²) in [7, 11) is 1.18. The van der Waals surface area contributed by atoms with E-state index in [0.717, 1.165) is 6.07 Å². The number of methoxy groups -OCH3 is 1. The number of ether oxygens (including phenoxy) is 1. The van der Waals surface area contributed by atoms with Crippen LogP contribution in [-0.4, -0.2) is 27.8 Å². The van der Waals surface area contributed by atoms with Gasteiger partial charge in [-0.25, -0.2) is 9.48 Å². The molecule has 0 radical (unpaired) electrons. The normalized spacial score (nSPS) is 16.2. The zero-order valence-corrected chi connectivity index (χ0v) is 15.1. The molecule has 0 unspecified atom stereocenters. The lowest BCUT2D eigenvalue weighted by atomic mass is 9.90. The number of halogens is 3. The Morgan fingerprint density at radius 3 is 2.48 bits per heavy atom. The molecule has 0 spiro atoms. The Bertz CT molecular complexity index is 1090. The van der Waals surface area contributed by atoms with Crippen molar-refractivity contribution in [1.82, 2.24) is 14.8 Å². The van der Waals surface area contributed by atoms with E-state index in [4.69, 9.17) is 4.74 Å². The van der Waals surface area contributed by atoms with Crippen molar-refractivity contribution in [3.63, 3.8) is 0 Å². The van der Waals surface area contributed by atoms with E-state index < -0.39 is 23.8 Å². The molecule has 9 heteroatoms. The molecule has 0 saturated heterocycles. The minimum atomic E-state index is -4.61. The lowest BCUT2D eigenvalue weighted by Gasteiger charge is -2.30. The number of anilines is 1. The predicted octanol–water partition coefficient (Wildman–Crippen LogP) is 3.90. The maximum Gasteiger partial charge on any atom is 0.416 e. The van der Waals surface area contributed by atoms with Gasteiger partial charge >= 0.3 is 12.1 Å². The van der Waals surface area contributed by atoms with Gasteiger partial charge in [-0.3, -0.25) is 0 Å². The number of hydrogen-bond acceptors (Lipinski definition) is 5. The maximum absolute atomic E-state index is 13.7. The van der Waals surface area contributed by atoms with Crippen molar-refractivity contribution in [3.05, 3.63) is 83.2 Å². The first-order valence-electron chi connectivity index (χ1n) is 8.62. The smallest absolute Gasteiger partial charge is 0.416 e. The third-order valence-electron chi connectivity index (χ3n) is 4.63. The predicted molar refractivity (Wildman–Crippen MR) is 98.6 cm³/mol. The van der Waals surface area contributed by atoms with Crippen molar-refractivity contribution in [1.29, 1.82) is 0 Å². The molecule has 1 aromatic heterocycles. The van der Waals surface area contributed by atoms with Crippen LogP contribution in [0.3, 0.4) is 0 Å². The second-order valence-electron chi connectivity index (χ2n) is 6.29. The topological polar surface area (TPSA) is 69.0 Å². The molecule has 29 heavy (non-hydrogen) atoms. The summed E-state index contributed by atoms with van der Waals surface area (Å²) in [4.78, 5) is 16.9. The van der Waals surface area contributed by atoms with Crippen molar-refractivity contribution < 1.29 is 22.7 Å². The Kier molecular flexibility index (Phi) is 4.57. The van der Waals surface area contributed by atoms with Gasteiger partial charge in [-0.05, 0) is 17.2 Å². The Morgan fingerprint density at radius 2 is 1.79 bits per heavy atom. The molecule has 148 valence electrons. The van der Waals surface area contributed by atoms with E-state index in [2.05, 4.69) is 15.4 Å². The van der Waals surface area contributed by atoms with Crippen LogP contribution in [0.1, 0.15) is 22.7 Å². The van der Waals surface area contributed by atoms with E-state index in [1.54, 1.807) is 30.3 Å². The fourth-order valence-electron chi connectivity index (χ4n) is 3.40. The van der Waals surface area contributed by atoms with Gasteiger partial charge in [0.15, 0.2) is 0 Å². The highest BCUT2D eigenvalue weighted by molar-refractivity contribution is 6.02. The largest absolute Gasteiger partial charge is 0.466 e. The number of carbonyl (C=O) groups excluding carboxylic acids is 1. The van der Waals surface area contributed by atoms with Crippen LogP contribution in [-0.2, 0) is 15.7 Å². The van der Waals surface area contributed by atoms with Crippen LogP contribution in [0, 0.1) is 0 Å². The molecule has 0 aliphatic carbocycles. The van der Waals surface area contributed by atoms with Gasteiger partial charge in [-0.15, -0.1) is 0 Å². The van der Waals surface area contributed by atoms with Gasteiger partial charge in [0.2, 0.25) is 5.95 Å². The van der Waals surface area contributed by atoms with Gasteiger partial charge in [0.1, 0.15) is 12.4 Å². The number of nitrogens with zero attached hydrogens (tertiary/aromatic N) is 3. The summed E-state index contributed by atoms with van der Waals surface area (Å²) in [6.07, 6.45) is -3.40. The standard InChI is InChI=1S/C20H15F3N4O2/c1-29-18(28)15-16(12-7-3-2-4-8-12)26-19-24-11-25-27(19)17(15)13-9-5-6-10-14(13)20(21,22)23/h2-11,17H,1H3,(H,24,25,26)/t17-/m1/s1. The Morgan fingerprint density at radius 1 is 1.10 bits per heavy atom. The first-order valence-corrected chi connectivity index (χ1v) is 8.62. The Labute approximate surface area is 163 Å². The highest BCUT2D eigenvalue weighted by Gasteiger charge is 2.41. The van der Waals surface area contributed by atoms with Crippen LogP contribution in [0.25, 0.3) is 5.70 Å². The first kappa shape index (κ1) is 18.7. The number of rotatable bonds is 3. The summed E-state index contributed by atoms with van der Waals surface area (Å²) in [5.74, 6) is -0.544. The number of nitrogens with one attached hydrogen (secondary N) is 1. The fraction of sp³-hybridized carbons (Fsp3) is 0.150. The van der Waals surface area contributed by atoms with Crippen LogP contribution in [0.15, 0.2) is 66.5 Å². The van der Waals surface area contributed by atoms with E-state index in [-0.39, 0.29) is 17.1 Å². The summed E-state index contributed by atoms with van der Waals surface area (Å²) < 4.78 is 47.4. The number of hydrogen-bond donors (Lipinski definition) is 1. The summed E-state index contributed by atoms with van der Waals surface area (Å²) in [5, 5.41) is 7.07. The van der Waals surface area contributed by atoms with E-state index >= 15 is 0 Å². The number of aromatic nitrogens is 3. The molecule has 1 aliphatic heterocycles. The third-order valence-corrected chi connectivity index (χ3v) is 4.63. The molecule has 6 nitrogen and oxygen atoms in total. The van der Waals surface area contributed by atoms with Crippen LogP contribution in [0.4, 0.5) is 19.1 Å². The lowest BCUT2D eigenvalue weighted by molar-refractivity contribution is -0.139. The van der Waals surface area contributed by atoms with Crippen molar-refractivity contribution in [2.45, 2.75) is 12.2 Å². The molecule has 0 amide bonds. The SMILES string of the molecule is COC(=O)C1=C(c2ccccc2)Nc2ncnn2[C@@H]1c1ccccc1C(F)(F)F. The third kappa shape index (κ3) is 3.24. The molecule has 0 bridgehead atoms. The zero-order chi connectivity index (χ0) is 20.6. The van der Waals surface area contributed by atoms with Crippen LogP contribution >= 0.6 is 0 Å². The number of benzene rings is 2. The molecule has 2 aromatic carbocycles. The zero-order valence-electron chi connectivity index (χ0n) is 15.1. The molecular weight excluding hydrogens is 385 g/mol. The Balaban J connectivity index is 2.03. The van der Waals surface area contributed by atoms with Crippen LogP contribution < -0.4 is 5.32 Å². The van der Waals surface area contributed by atoms with Crippen molar-refractivity contribution in [3.8, 4) is 0 Å².